The maximum Gasteiger partial charge on any atom is 0.409 e. The van der Waals surface area contributed by atoms with Gasteiger partial charge in [-0.2, -0.15) is 0 Å². The molecular formula is C19H24N2O6. The quantitative estimate of drug-likeness (QED) is 0.767. The zero-order valence-corrected chi connectivity index (χ0v) is 15.6. The van der Waals surface area contributed by atoms with Crippen LogP contribution in [-0.2, 0) is 9.53 Å². The first-order valence-electron chi connectivity index (χ1n) is 9.14. The smallest absolute Gasteiger partial charge is 0.409 e. The Morgan fingerprint density at radius 2 is 2.00 bits per heavy atom. The van der Waals surface area contributed by atoms with Gasteiger partial charge in [0.25, 0.3) is 0 Å². The summed E-state index contributed by atoms with van der Waals surface area (Å²) in [6, 6.07) is 3.20. The molecule has 0 aliphatic carbocycles. The normalized spacial score (nSPS) is 17.7. The van der Waals surface area contributed by atoms with E-state index in [2.05, 4.69) is 5.32 Å². The summed E-state index contributed by atoms with van der Waals surface area (Å²) in [5, 5.41) is 2.80. The molecule has 2 heterocycles. The van der Waals surface area contributed by atoms with E-state index in [1.165, 1.54) is 6.92 Å². The lowest BCUT2D eigenvalue weighted by atomic mass is 10.0. The van der Waals surface area contributed by atoms with E-state index in [0.717, 1.165) is 12.8 Å². The van der Waals surface area contributed by atoms with Crippen molar-refractivity contribution >= 4 is 23.5 Å². The summed E-state index contributed by atoms with van der Waals surface area (Å²) in [6.45, 7) is 4.95. The van der Waals surface area contributed by atoms with Crippen LogP contribution in [0.2, 0.25) is 0 Å². The van der Waals surface area contributed by atoms with Crippen LogP contribution in [0.5, 0.6) is 11.5 Å². The van der Waals surface area contributed by atoms with Gasteiger partial charge in [-0.1, -0.05) is 6.92 Å². The molecule has 8 heteroatoms. The Kier molecular flexibility index (Phi) is 5.83. The molecule has 3 rings (SSSR count). The highest BCUT2D eigenvalue weighted by molar-refractivity contribution is 6.04. The number of hydrogen-bond acceptors (Lipinski definition) is 6. The van der Waals surface area contributed by atoms with E-state index in [4.69, 9.17) is 14.2 Å². The summed E-state index contributed by atoms with van der Waals surface area (Å²) >= 11 is 0. The summed E-state index contributed by atoms with van der Waals surface area (Å²) in [6.07, 6.45) is 1.47. The van der Waals surface area contributed by atoms with Crippen molar-refractivity contribution in [3.05, 3.63) is 17.7 Å². The van der Waals surface area contributed by atoms with Crippen LogP contribution in [0, 0.1) is 5.92 Å². The Morgan fingerprint density at radius 3 is 2.70 bits per heavy atom. The Morgan fingerprint density at radius 1 is 1.26 bits per heavy atom. The highest BCUT2D eigenvalue weighted by atomic mass is 16.7. The molecule has 0 saturated carbocycles. The summed E-state index contributed by atoms with van der Waals surface area (Å²) in [5.74, 6) is 0.685. The molecule has 1 N–H and O–H groups in total. The highest BCUT2D eigenvalue weighted by Crippen LogP contribution is 2.37. The molecule has 0 bridgehead atoms. The van der Waals surface area contributed by atoms with E-state index in [9.17, 15) is 14.4 Å². The minimum absolute atomic E-state index is 0.0639. The molecule has 1 saturated heterocycles. The van der Waals surface area contributed by atoms with Gasteiger partial charge in [-0.05, 0) is 31.7 Å². The van der Waals surface area contributed by atoms with Gasteiger partial charge in [0, 0.05) is 31.1 Å². The van der Waals surface area contributed by atoms with E-state index >= 15 is 0 Å². The molecular weight excluding hydrogens is 352 g/mol. The molecule has 1 atom stereocenters. The van der Waals surface area contributed by atoms with Crippen molar-refractivity contribution in [2.24, 2.45) is 5.92 Å². The topological polar surface area (TPSA) is 94.2 Å². The molecule has 146 valence electrons. The van der Waals surface area contributed by atoms with Gasteiger partial charge >= 0.3 is 6.09 Å². The number of carbonyl (C=O) groups excluding carboxylic acids is 3. The maximum absolute atomic E-state index is 12.5. The lowest BCUT2D eigenvalue weighted by molar-refractivity contribution is -0.117. The lowest BCUT2D eigenvalue weighted by Gasteiger charge is -2.16. The van der Waals surface area contributed by atoms with E-state index in [1.54, 1.807) is 17.0 Å². The van der Waals surface area contributed by atoms with Gasteiger partial charge in [0.1, 0.15) is 0 Å². The van der Waals surface area contributed by atoms with E-state index in [0.29, 0.717) is 42.4 Å². The number of benzene rings is 1. The number of hydrogen-bond donors (Lipinski definition) is 1. The van der Waals surface area contributed by atoms with Gasteiger partial charge < -0.3 is 24.4 Å². The number of likely N-dealkylation sites (tertiary alicyclic amines) is 1. The molecule has 1 unspecified atom stereocenters. The van der Waals surface area contributed by atoms with Crippen molar-refractivity contribution in [2.75, 3.05) is 31.8 Å². The van der Waals surface area contributed by atoms with Crippen LogP contribution in [0.4, 0.5) is 10.5 Å². The number of nitrogens with zero attached hydrogens (tertiary/aromatic N) is 1. The van der Waals surface area contributed by atoms with Crippen LogP contribution >= 0.6 is 0 Å². The Hall–Kier alpha value is -2.77. The highest BCUT2D eigenvalue weighted by Gasteiger charge is 2.29. The van der Waals surface area contributed by atoms with Crippen molar-refractivity contribution in [2.45, 2.75) is 33.1 Å². The molecule has 8 nitrogen and oxygen atoms in total. The van der Waals surface area contributed by atoms with Crippen molar-refractivity contribution in [3.8, 4) is 11.5 Å². The van der Waals surface area contributed by atoms with Gasteiger partial charge in [0.05, 0.1) is 12.3 Å². The predicted molar refractivity (Wildman–Crippen MR) is 97.1 cm³/mol. The third-order valence-corrected chi connectivity index (χ3v) is 4.61. The van der Waals surface area contributed by atoms with Crippen LogP contribution in [0.1, 0.15) is 43.5 Å². The fraction of sp³-hybridized carbons (Fsp3) is 0.526. The second-order valence-corrected chi connectivity index (χ2v) is 6.77. The molecule has 1 fully saturated rings. The monoisotopic (exact) mass is 376 g/mol. The SMILES string of the molecule is CCCOC(=O)N1CCC(CC(=O)Nc2cc3c(cc2C(C)=O)OCO3)C1. The molecule has 0 spiro atoms. The van der Waals surface area contributed by atoms with Crippen LogP contribution in [0.3, 0.4) is 0 Å². The Labute approximate surface area is 157 Å². The van der Waals surface area contributed by atoms with Crippen LogP contribution in [0.25, 0.3) is 0 Å². The number of ketones is 1. The van der Waals surface area contributed by atoms with Gasteiger partial charge in [-0.3, -0.25) is 9.59 Å². The standard InChI is InChI=1S/C19H24N2O6/c1-3-6-25-19(24)21-5-4-13(10-21)7-18(23)20-15-9-17-16(26-11-27-17)8-14(15)12(2)22/h8-9,13H,3-7,10-11H2,1-2H3,(H,20,23). The number of Topliss-reactive ketones (excluding diaryl/α,β-unsaturated/α-hetero) is 1. The molecule has 2 aliphatic heterocycles. The summed E-state index contributed by atoms with van der Waals surface area (Å²) in [4.78, 5) is 37.9. The first-order valence-corrected chi connectivity index (χ1v) is 9.14. The third-order valence-electron chi connectivity index (χ3n) is 4.61. The minimum atomic E-state index is -0.325. The number of amides is 2. The number of ether oxygens (including phenoxy) is 3. The average molecular weight is 376 g/mol. The van der Waals surface area contributed by atoms with Crippen LogP contribution in [-0.4, -0.2) is 49.2 Å². The average Bonchev–Trinajstić information content (AvgIpc) is 3.27. The van der Waals surface area contributed by atoms with Crippen LogP contribution in [0.15, 0.2) is 12.1 Å². The number of anilines is 1. The molecule has 1 aromatic rings. The summed E-state index contributed by atoms with van der Waals surface area (Å²) in [5.41, 5.74) is 0.790. The second-order valence-electron chi connectivity index (χ2n) is 6.77. The van der Waals surface area contributed by atoms with Crippen molar-refractivity contribution < 1.29 is 28.6 Å². The van der Waals surface area contributed by atoms with Crippen LogP contribution < -0.4 is 14.8 Å². The minimum Gasteiger partial charge on any atom is -0.454 e. The van der Waals surface area contributed by atoms with Crippen molar-refractivity contribution in [3.63, 3.8) is 0 Å². The van der Waals surface area contributed by atoms with Gasteiger partial charge in [0.2, 0.25) is 12.7 Å². The Balaban J connectivity index is 1.59. The van der Waals surface area contributed by atoms with E-state index in [-0.39, 0.29) is 36.9 Å². The molecule has 1 aromatic carbocycles. The fourth-order valence-electron chi connectivity index (χ4n) is 3.25. The maximum atomic E-state index is 12.5. The number of carbonyl (C=O) groups is 3. The van der Waals surface area contributed by atoms with E-state index in [1.807, 2.05) is 6.92 Å². The third kappa shape index (κ3) is 4.50. The van der Waals surface area contributed by atoms with Gasteiger partial charge in [-0.25, -0.2) is 4.79 Å². The van der Waals surface area contributed by atoms with Crippen molar-refractivity contribution in [1.82, 2.24) is 4.90 Å². The lowest BCUT2D eigenvalue weighted by Crippen LogP contribution is -2.30. The Bertz CT molecular complexity index is 748. The van der Waals surface area contributed by atoms with Gasteiger partial charge in [-0.15, -0.1) is 0 Å². The summed E-state index contributed by atoms with van der Waals surface area (Å²) < 4.78 is 15.7. The second kappa shape index (κ2) is 8.28. The van der Waals surface area contributed by atoms with Crippen molar-refractivity contribution in [1.29, 1.82) is 0 Å². The van der Waals surface area contributed by atoms with E-state index < -0.39 is 0 Å². The molecule has 0 radical (unpaired) electrons. The zero-order valence-electron chi connectivity index (χ0n) is 15.6. The summed E-state index contributed by atoms with van der Waals surface area (Å²) in [7, 11) is 0. The predicted octanol–water partition coefficient (Wildman–Crippen LogP) is 2.82. The first kappa shape index (κ1) is 19.0. The van der Waals surface area contributed by atoms with Gasteiger partial charge in [0.15, 0.2) is 17.3 Å². The molecule has 0 aromatic heterocycles. The number of fused-ring (bicyclic) bond motifs is 1. The fourth-order valence-corrected chi connectivity index (χ4v) is 3.25. The number of nitrogens with one attached hydrogen (secondary N) is 1. The first-order chi connectivity index (χ1) is 13.0. The largest absolute Gasteiger partial charge is 0.454 e. The molecule has 2 amide bonds. The number of rotatable bonds is 6. The molecule has 27 heavy (non-hydrogen) atoms. The zero-order chi connectivity index (χ0) is 19.4. The molecule has 2 aliphatic rings.